The zero-order chi connectivity index (χ0) is 21.6. The van der Waals surface area contributed by atoms with Gasteiger partial charge in [0.15, 0.2) is 0 Å². The number of benzene rings is 3. The van der Waals surface area contributed by atoms with E-state index in [1.165, 1.54) is 0 Å². The third-order valence-corrected chi connectivity index (χ3v) is 5.31. The van der Waals surface area contributed by atoms with Gasteiger partial charge in [0.25, 0.3) is 0 Å². The minimum Gasteiger partial charge on any atom is -0.497 e. The Morgan fingerprint density at radius 1 is 1.03 bits per heavy atom. The highest BCUT2D eigenvalue weighted by atomic mass is 16.5. The number of ether oxygens (including phenoxy) is 1. The Morgan fingerprint density at radius 3 is 2.45 bits per heavy atom. The molecule has 31 heavy (non-hydrogen) atoms. The van der Waals surface area contributed by atoms with Crippen LogP contribution >= 0.6 is 0 Å². The monoisotopic (exact) mass is 415 g/mol. The molecule has 0 aromatic heterocycles. The van der Waals surface area contributed by atoms with Crippen molar-refractivity contribution < 1.29 is 14.3 Å². The van der Waals surface area contributed by atoms with Crippen molar-refractivity contribution in [1.29, 1.82) is 0 Å². The van der Waals surface area contributed by atoms with Crippen molar-refractivity contribution in [2.45, 2.75) is 19.0 Å². The Morgan fingerprint density at radius 2 is 1.74 bits per heavy atom. The maximum absolute atomic E-state index is 13.2. The SMILES string of the molecule is COc1cccc(N2C[C@@H](NC(=O)N(Cc3ccccc3)c3ccccc3)CC2=O)c1. The Bertz CT molecular complexity index is 1040. The Kier molecular flexibility index (Phi) is 6.17. The van der Waals surface area contributed by atoms with Gasteiger partial charge in [0.1, 0.15) is 5.75 Å². The topological polar surface area (TPSA) is 61.9 Å². The van der Waals surface area contributed by atoms with Gasteiger partial charge >= 0.3 is 6.03 Å². The van der Waals surface area contributed by atoms with Crippen LogP contribution in [0.4, 0.5) is 16.2 Å². The van der Waals surface area contributed by atoms with Crippen LogP contribution < -0.4 is 19.9 Å². The van der Waals surface area contributed by atoms with Crippen LogP contribution in [0.25, 0.3) is 0 Å². The normalized spacial score (nSPS) is 15.6. The summed E-state index contributed by atoms with van der Waals surface area (Å²) in [5.41, 5.74) is 2.60. The Balaban J connectivity index is 1.49. The highest BCUT2D eigenvalue weighted by Crippen LogP contribution is 2.26. The second kappa shape index (κ2) is 9.34. The van der Waals surface area contributed by atoms with Crippen LogP contribution in [0.1, 0.15) is 12.0 Å². The summed E-state index contributed by atoms with van der Waals surface area (Å²) in [4.78, 5) is 29.2. The lowest BCUT2D eigenvalue weighted by Crippen LogP contribution is -2.45. The smallest absolute Gasteiger partial charge is 0.322 e. The highest BCUT2D eigenvalue weighted by molar-refractivity contribution is 5.98. The molecule has 3 aromatic rings. The second-order valence-electron chi connectivity index (χ2n) is 7.46. The summed E-state index contributed by atoms with van der Waals surface area (Å²) in [5, 5.41) is 3.05. The summed E-state index contributed by atoms with van der Waals surface area (Å²) in [5.74, 6) is 0.670. The van der Waals surface area contributed by atoms with E-state index in [2.05, 4.69) is 5.32 Å². The van der Waals surface area contributed by atoms with E-state index >= 15 is 0 Å². The lowest BCUT2D eigenvalue weighted by atomic mass is 10.2. The van der Waals surface area contributed by atoms with Gasteiger partial charge in [-0.2, -0.15) is 0 Å². The number of hydrogen-bond acceptors (Lipinski definition) is 3. The van der Waals surface area contributed by atoms with Crippen molar-refractivity contribution in [1.82, 2.24) is 5.32 Å². The lowest BCUT2D eigenvalue weighted by Gasteiger charge is -2.25. The number of nitrogens with zero attached hydrogens (tertiary/aromatic N) is 2. The van der Waals surface area contributed by atoms with Gasteiger partial charge in [-0.05, 0) is 29.8 Å². The van der Waals surface area contributed by atoms with Gasteiger partial charge in [-0.3, -0.25) is 9.69 Å². The van der Waals surface area contributed by atoms with Crippen LogP contribution in [0.15, 0.2) is 84.9 Å². The molecule has 0 bridgehead atoms. The number of carbonyl (C=O) groups excluding carboxylic acids is 2. The van der Waals surface area contributed by atoms with E-state index in [0.717, 1.165) is 16.9 Å². The van der Waals surface area contributed by atoms with Crippen LogP contribution in [-0.4, -0.2) is 31.6 Å². The van der Waals surface area contributed by atoms with Gasteiger partial charge in [-0.15, -0.1) is 0 Å². The number of anilines is 2. The maximum Gasteiger partial charge on any atom is 0.322 e. The molecule has 0 unspecified atom stereocenters. The summed E-state index contributed by atoms with van der Waals surface area (Å²) < 4.78 is 5.26. The molecule has 1 atom stereocenters. The van der Waals surface area contributed by atoms with E-state index in [-0.39, 0.29) is 24.4 Å². The quantitative estimate of drug-likeness (QED) is 0.656. The molecular weight excluding hydrogens is 390 g/mol. The number of amides is 3. The fraction of sp³-hybridized carbons (Fsp3) is 0.200. The minimum absolute atomic E-state index is 0.0205. The molecule has 1 aliphatic heterocycles. The molecule has 3 aromatic carbocycles. The average molecular weight is 415 g/mol. The number of rotatable bonds is 6. The third kappa shape index (κ3) is 4.86. The molecule has 1 heterocycles. The Hall–Kier alpha value is -3.80. The largest absolute Gasteiger partial charge is 0.497 e. The molecule has 1 fully saturated rings. The van der Waals surface area contributed by atoms with Gasteiger partial charge in [0, 0.05) is 30.4 Å². The average Bonchev–Trinajstić information content (AvgIpc) is 3.18. The molecule has 0 spiro atoms. The van der Waals surface area contributed by atoms with E-state index in [1.54, 1.807) is 16.9 Å². The number of nitrogens with one attached hydrogen (secondary N) is 1. The lowest BCUT2D eigenvalue weighted by molar-refractivity contribution is -0.117. The summed E-state index contributed by atoms with van der Waals surface area (Å²) in [6.45, 7) is 0.864. The van der Waals surface area contributed by atoms with Gasteiger partial charge in [0.2, 0.25) is 5.91 Å². The third-order valence-electron chi connectivity index (χ3n) is 5.31. The van der Waals surface area contributed by atoms with Crippen molar-refractivity contribution in [3.8, 4) is 5.75 Å². The fourth-order valence-corrected chi connectivity index (χ4v) is 3.74. The van der Waals surface area contributed by atoms with Crippen LogP contribution in [0.3, 0.4) is 0 Å². The van der Waals surface area contributed by atoms with Gasteiger partial charge in [0.05, 0.1) is 19.7 Å². The second-order valence-corrected chi connectivity index (χ2v) is 7.46. The maximum atomic E-state index is 13.2. The molecule has 6 heteroatoms. The van der Waals surface area contributed by atoms with Gasteiger partial charge in [-0.25, -0.2) is 4.79 Å². The first-order valence-corrected chi connectivity index (χ1v) is 10.3. The van der Waals surface area contributed by atoms with E-state index in [0.29, 0.717) is 18.8 Å². The van der Waals surface area contributed by atoms with E-state index in [9.17, 15) is 9.59 Å². The predicted molar refractivity (Wildman–Crippen MR) is 121 cm³/mol. The van der Waals surface area contributed by atoms with E-state index < -0.39 is 0 Å². The molecule has 3 amide bonds. The molecule has 6 nitrogen and oxygen atoms in total. The number of methoxy groups -OCH3 is 1. The van der Waals surface area contributed by atoms with Crippen LogP contribution in [-0.2, 0) is 11.3 Å². The number of carbonyl (C=O) groups is 2. The summed E-state index contributed by atoms with van der Waals surface area (Å²) >= 11 is 0. The van der Waals surface area contributed by atoms with Gasteiger partial charge < -0.3 is 15.0 Å². The fourth-order valence-electron chi connectivity index (χ4n) is 3.74. The summed E-state index contributed by atoms with van der Waals surface area (Å²) in [7, 11) is 1.60. The number of urea groups is 1. The van der Waals surface area contributed by atoms with E-state index in [4.69, 9.17) is 4.74 Å². The molecule has 0 aliphatic carbocycles. The number of hydrogen-bond donors (Lipinski definition) is 1. The predicted octanol–water partition coefficient (Wildman–Crippen LogP) is 4.22. The summed E-state index contributed by atoms with van der Waals surface area (Å²) in [6, 6.07) is 26.3. The van der Waals surface area contributed by atoms with Crippen LogP contribution in [0.2, 0.25) is 0 Å². The molecule has 1 aliphatic rings. The van der Waals surface area contributed by atoms with Crippen LogP contribution in [0, 0.1) is 0 Å². The molecule has 158 valence electrons. The standard InChI is InChI=1S/C25H25N3O3/c1-31-23-14-8-13-22(16-23)27-18-20(15-24(27)29)26-25(30)28(21-11-6-3-7-12-21)17-19-9-4-2-5-10-19/h2-14,16,20H,15,17-18H2,1H3,(H,26,30)/t20-/m0/s1. The minimum atomic E-state index is -0.270. The Labute approximate surface area is 182 Å². The first-order chi connectivity index (χ1) is 15.1. The van der Waals surface area contributed by atoms with Crippen molar-refractivity contribution in [2.75, 3.05) is 23.5 Å². The molecule has 4 rings (SSSR count). The number of para-hydroxylation sites is 1. The van der Waals surface area contributed by atoms with Crippen molar-refractivity contribution >= 4 is 23.3 Å². The molecule has 1 N–H and O–H groups in total. The van der Waals surface area contributed by atoms with E-state index in [1.807, 2.05) is 84.9 Å². The molecule has 0 radical (unpaired) electrons. The van der Waals surface area contributed by atoms with Crippen molar-refractivity contribution in [2.24, 2.45) is 0 Å². The molecular formula is C25H25N3O3. The van der Waals surface area contributed by atoms with Crippen molar-refractivity contribution in [3.05, 3.63) is 90.5 Å². The van der Waals surface area contributed by atoms with Gasteiger partial charge in [-0.1, -0.05) is 54.6 Å². The molecule has 0 saturated carbocycles. The van der Waals surface area contributed by atoms with Crippen molar-refractivity contribution in [3.63, 3.8) is 0 Å². The molecule has 1 saturated heterocycles. The first-order valence-electron chi connectivity index (χ1n) is 10.3. The first kappa shape index (κ1) is 20.5. The summed E-state index contributed by atoms with van der Waals surface area (Å²) in [6.07, 6.45) is 0.261. The zero-order valence-electron chi connectivity index (χ0n) is 17.4. The van der Waals surface area contributed by atoms with Crippen LogP contribution in [0.5, 0.6) is 5.75 Å². The highest BCUT2D eigenvalue weighted by Gasteiger charge is 2.33. The zero-order valence-corrected chi connectivity index (χ0v) is 17.4.